The lowest BCUT2D eigenvalue weighted by molar-refractivity contribution is 0.268. The maximum atomic E-state index is 4.52. The van der Waals surface area contributed by atoms with Crippen molar-refractivity contribution in [2.75, 3.05) is 11.9 Å². The Balaban J connectivity index is 1.69. The summed E-state index contributed by atoms with van der Waals surface area (Å²) in [4.78, 5) is 4.52. The minimum atomic E-state index is 0.757. The standard InChI is InChI=1S/C15H22N4/c1-11-6-3-4-8-13(11)10-16-15-17-14-9-5-7-12(2)19(14)18-15/h5,7,9,11,13H,3-4,6,8,10H2,1-2H3,(H,16,18). The Labute approximate surface area is 114 Å². The molecule has 0 bridgehead atoms. The zero-order valence-electron chi connectivity index (χ0n) is 11.8. The monoisotopic (exact) mass is 258 g/mol. The van der Waals surface area contributed by atoms with Crippen LogP contribution >= 0.6 is 0 Å². The minimum absolute atomic E-state index is 0.757. The maximum absolute atomic E-state index is 4.52. The molecule has 1 saturated carbocycles. The van der Waals surface area contributed by atoms with E-state index in [4.69, 9.17) is 0 Å². The van der Waals surface area contributed by atoms with Crippen LogP contribution in [0.5, 0.6) is 0 Å². The number of aromatic nitrogens is 3. The van der Waals surface area contributed by atoms with Gasteiger partial charge in [-0.3, -0.25) is 0 Å². The normalized spacial score (nSPS) is 23.7. The second-order valence-corrected chi connectivity index (χ2v) is 5.78. The Morgan fingerprint density at radius 2 is 2.16 bits per heavy atom. The van der Waals surface area contributed by atoms with Crippen molar-refractivity contribution in [2.45, 2.75) is 39.5 Å². The first-order valence-electron chi connectivity index (χ1n) is 7.30. The molecule has 2 atom stereocenters. The predicted molar refractivity (Wildman–Crippen MR) is 77.3 cm³/mol. The molecule has 4 nitrogen and oxygen atoms in total. The molecule has 2 aromatic rings. The molecule has 0 spiro atoms. The average molecular weight is 258 g/mol. The van der Waals surface area contributed by atoms with E-state index in [0.717, 1.165) is 35.7 Å². The van der Waals surface area contributed by atoms with Crippen LogP contribution in [-0.4, -0.2) is 21.1 Å². The third-order valence-corrected chi connectivity index (χ3v) is 4.36. The molecule has 3 rings (SSSR count). The Morgan fingerprint density at radius 3 is 2.95 bits per heavy atom. The number of nitrogens with zero attached hydrogens (tertiary/aromatic N) is 3. The molecular formula is C15H22N4. The van der Waals surface area contributed by atoms with Gasteiger partial charge in [-0.1, -0.05) is 32.3 Å². The van der Waals surface area contributed by atoms with Crippen molar-refractivity contribution in [1.82, 2.24) is 14.6 Å². The number of hydrogen-bond donors (Lipinski definition) is 1. The van der Waals surface area contributed by atoms with Gasteiger partial charge in [-0.15, -0.1) is 5.10 Å². The molecule has 102 valence electrons. The van der Waals surface area contributed by atoms with Crippen molar-refractivity contribution in [3.05, 3.63) is 23.9 Å². The zero-order valence-corrected chi connectivity index (χ0v) is 11.8. The second-order valence-electron chi connectivity index (χ2n) is 5.78. The highest BCUT2D eigenvalue weighted by Crippen LogP contribution is 2.29. The molecule has 19 heavy (non-hydrogen) atoms. The summed E-state index contributed by atoms with van der Waals surface area (Å²) in [6.07, 6.45) is 5.46. The summed E-state index contributed by atoms with van der Waals surface area (Å²) in [7, 11) is 0. The summed E-state index contributed by atoms with van der Waals surface area (Å²) in [5, 5.41) is 7.93. The summed E-state index contributed by atoms with van der Waals surface area (Å²) in [6, 6.07) is 6.06. The first-order chi connectivity index (χ1) is 9.24. The molecule has 0 aliphatic heterocycles. The van der Waals surface area contributed by atoms with Gasteiger partial charge in [0.25, 0.3) is 0 Å². The number of aryl methyl sites for hydroxylation is 1. The third kappa shape index (κ3) is 2.57. The highest BCUT2D eigenvalue weighted by molar-refractivity contribution is 5.44. The quantitative estimate of drug-likeness (QED) is 0.918. The molecule has 2 aromatic heterocycles. The molecule has 0 saturated heterocycles. The molecule has 0 aromatic carbocycles. The van der Waals surface area contributed by atoms with E-state index in [1.54, 1.807) is 0 Å². The van der Waals surface area contributed by atoms with E-state index >= 15 is 0 Å². The van der Waals surface area contributed by atoms with E-state index in [1.165, 1.54) is 25.7 Å². The molecule has 4 heteroatoms. The number of rotatable bonds is 3. The third-order valence-electron chi connectivity index (χ3n) is 4.36. The average Bonchev–Trinajstić information content (AvgIpc) is 2.82. The van der Waals surface area contributed by atoms with Gasteiger partial charge in [-0.05, 0) is 37.3 Å². The smallest absolute Gasteiger partial charge is 0.243 e. The van der Waals surface area contributed by atoms with Crippen LogP contribution in [0.2, 0.25) is 0 Å². The van der Waals surface area contributed by atoms with Gasteiger partial charge in [0.1, 0.15) is 0 Å². The molecule has 1 aliphatic carbocycles. The van der Waals surface area contributed by atoms with Gasteiger partial charge in [0.15, 0.2) is 5.65 Å². The van der Waals surface area contributed by atoms with Gasteiger partial charge >= 0.3 is 0 Å². The topological polar surface area (TPSA) is 42.2 Å². The van der Waals surface area contributed by atoms with Crippen LogP contribution in [0.1, 0.15) is 38.3 Å². The maximum Gasteiger partial charge on any atom is 0.243 e. The summed E-state index contributed by atoms with van der Waals surface area (Å²) in [5.74, 6) is 2.34. The Morgan fingerprint density at radius 1 is 1.32 bits per heavy atom. The van der Waals surface area contributed by atoms with Gasteiger partial charge in [-0.2, -0.15) is 4.98 Å². The number of hydrogen-bond acceptors (Lipinski definition) is 3. The van der Waals surface area contributed by atoms with Crippen molar-refractivity contribution in [2.24, 2.45) is 11.8 Å². The van der Waals surface area contributed by atoms with E-state index in [-0.39, 0.29) is 0 Å². The number of nitrogens with one attached hydrogen (secondary N) is 1. The van der Waals surface area contributed by atoms with E-state index in [0.29, 0.717) is 0 Å². The van der Waals surface area contributed by atoms with E-state index in [9.17, 15) is 0 Å². The number of fused-ring (bicyclic) bond motifs is 1. The Hall–Kier alpha value is -1.58. The molecule has 1 aliphatic rings. The van der Waals surface area contributed by atoms with E-state index in [1.807, 2.05) is 16.6 Å². The van der Waals surface area contributed by atoms with Crippen molar-refractivity contribution < 1.29 is 0 Å². The molecule has 1 fully saturated rings. The highest BCUT2D eigenvalue weighted by atomic mass is 15.3. The summed E-state index contributed by atoms with van der Waals surface area (Å²) in [5.41, 5.74) is 2.03. The lowest BCUT2D eigenvalue weighted by Gasteiger charge is -2.28. The summed E-state index contributed by atoms with van der Waals surface area (Å²) < 4.78 is 1.90. The Bertz CT molecular complexity index is 560. The molecule has 2 heterocycles. The van der Waals surface area contributed by atoms with Crippen LogP contribution < -0.4 is 5.32 Å². The van der Waals surface area contributed by atoms with Gasteiger partial charge in [0, 0.05) is 12.2 Å². The van der Waals surface area contributed by atoms with Crippen molar-refractivity contribution in [3.63, 3.8) is 0 Å². The lowest BCUT2D eigenvalue weighted by Crippen LogP contribution is -2.24. The van der Waals surface area contributed by atoms with Crippen LogP contribution in [-0.2, 0) is 0 Å². The molecule has 0 radical (unpaired) electrons. The zero-order chi connectivity index (χ0) is 13.2. The van der Waals surface area contributed by atoms with Crippen LogP contribution in [0.15, 0.2) is 18.2 Å². The highest BCUT2D eigenvalue weighted by Gasteiger charge is 2.21. The van der Waals surface area contributed by atoms with Crippen molar-refractivity contribution >= 4 is 11.6 Å². The first kappa shape index (κ1) is 12.5. The van der Waals surface area contributed by atoms with Crippen LogP contribution in [0.25, 0.3) is 5.65 Å². The van der Waals surface area contributed by atoms with Crippen LogP contribution in [0.4, 0.5) is 5.95 Å². The van der Waals surface area contributed by atoms with Gasteiger partial charge < -0.3 is 5.32 Å². The van der Waals surface area contributed by atoms with Crippen molar-refractivity contribution in [1.29, 1.82) is 0 Å². The predicted octanol–water partition coefficient (Wildman–Crippen LogP) is 3.28. The molecule has 2 unspecified atom stereocenters. The number of pyridine rings is 1. The van der Waals surface area contributed by atoms with Gasteiger partial charge in [0.05, 0.1) is 0 Å². The lowest BCUT2D eigenvalue weighted by atomic mass is 9.80. The summed E-state index contributed by atoms with van der Waals surface area (Å²) >= 11 is 0. The van der Waals surface area contributed by atoms with Crippen molar-refractivity contribution in [3.8, 4) is 0 Å². The fourth-order valence-corrected chi connectivity index (χ4v) is 3.03. The summed E-state index contributed by atoms with van der Waals surface area (Å²) in [6.45, 7) is 5.42. The fraction of sp³-hybridized carbons (Fsp3) is 0.600. The molecule has 0 amide bonds. The van der Waals surface area contributed by atoms with Crippen LogP contribution in [0, 0.1) is 18.8 Å². The molecular weight excluding hydrogens is 236 g/mol. The van der Waals surface area contributed by atoms with Gasteiger partial charge in [-0.25, -0.2) is 4.52 Å². The van der Waals surface area contributed by atoms with E-state index < -0.39 is 0 Å². The Kier molecular flexibility index (Phi) is 3.40. The molecule has 1 N–H and O–H groups in total. The van der Waals surface area contributed by atoms with Gasteiger partial charge in [0.2, 0.25) is 5.95 Å². The minimum Gasteiger partial charge on any atom is -0.353 e. The largest absolute Gasteiger partial charge is 0.353 e. The SMILES string of the molecule is Cc1cccc2nc(NCC3CCCCC3C)nn12. The number of anilines is 1. The second kappa shape index (κ2) is 5.19. The fourth-order valence-electron chi connectivity index (χ4n) is 3.03. The first-order valence-corrected chi connectivity index (χ1v) is 7.30. The van der Waals surface area contributed by atoms with Crippen LogP contribution in [0.3, 0.4) is 0 Å². The van der Waals surface area contributed by atoms with E-state index in [2.05, 4.69) is 35.3 Å².